The van der Waals surface area contributed by atoms with Gasteiger partial charge in [0.15, 0.2) is 5.82 Å². The Labute approximate surface area is 144 Å². The lowest BCUT2D eigenvalue weighted by Gasteiger charge is -2.17. The summed E-state index contributed by atoms with van der Waals surface area (Å²) < 4.78 is 5.33. The van der Waals surface area contributed by atoms with Crippen molar-refractivity contribution >= 4 is 5.91 Å². The highest BCUT2D eigenvalue weighted by Gasteiger charge is 2.24. The molecule has 9 heteroatoms. The third-order valence-corrected chi connectivity index (χ3v) is 3.52. The van der Waals surface area contributed by atoms with Gasteiger partial charge in [0.1, 0.15) is 12.4 Å². The number of rotatable bonds is 6. The first-order valence-corrected chi connectivity index (χ1v) is 7.94. The van der Waals surface area contributed by atoms with Crippen molar-refractivity contribution in [2.75, 3.05) is 0 Å². The summed E-state index contributed by atoms with van der Waals surface area (Å²) in [5.41, 5.74) is 1.40. The summed E-state index contributed by atoms with van der Waals surface area (Å²) >= 11 is 0. The molecule has 0 aliphatic carbocycles. The van der Waals surface area contributed by atoms with Crippen LogP contribution in [0, 0.1) is 12.8 Å². The molecule has 130 valence electrons. The van der Waals surface area contributed by atoms with E-state index < -0.39 is 6.04 Å². The van der Waals surface area contributed by atoms with E-state index >= 15 is 0 Å². The SMILES string of the molecule is Cc1cncc(C(=O)N[C@@H](CC(C)C)c2nc(-c3ncn[nH]3)no2)c1. The average molecular weight is 341 g/mol. The fraction of sp³-hybridized carbons (Fsp3) is 0.375. The van der Waals surface area contributed by atoms with Gasteiger partial charge in [0, 0.05) is 12.4 Å². The third kappa shape index (κ3) is 4.06. The summed E-state index contributed by atoms with van der Waals surface area (Å²) in [4.78, 5) is 24.9. The topological polar surface area (TPSA) is 122 Å². The van der Waals surface area contributed by atoms with Gasteiger partial charge in [0.2, 0.25) is 11.7 Å². The van der Waals surface area contributed by atoms with Crippen LogP contribution in [0.3, 0.4) is 0 Å². The number of aryl methyl sites for hydroxylation is 1. The Kier molecular flexibility index (Phi) is 4.82. The van der Waals surface area contributed by atoms with Crippen molar-refractivity contribution in [2.24, 2.45) is 5.92 Å². The van der Waals surface area contributed by atoms with E-state index in [1.165, 1.54) is 12.5 Å². The molecule has 0 aromatic carbocycles. The first kappa shape index (κ1) is 16.7. The molecule has 3 rings (SSSR count). The van der Waals surface area contributed by atoms with Crippen LogP contribution in [0.5, 0.6) is 0 Å². The summed E-state index contributed by atoms with van der Waals surface area (Å²) in [6.07, 6.45) is 5.25. The van der Waals surface area contributed by atoms with E-state index in [9.17, 15) is 4.79 Å². The summed E-state index contributed by atoms with van der Waals surface area (Å²) in [6.45, 7) is 6.00. The lowest BCUT2D eigenvalue weighted by atomic mass is 10.0. The Morgan fingerprint density at radius 2 is 2.20 bits per heavy atom. The van der Waals surface area contributed by atoms with Gasteiger partial charge < -0.3 is 9.84 Å². The van der Waals surface area contributed by atoms with Crippen molar-refractivity contribution < 1.29 is 9.32 Å². The molecule has 3 aromatic rings. The van der Waals surface area contributed by atoms with Crippen LogP contribution >= 0.6 is 0 Å². The standard InChI is InChI=1S/C16H19N7O2/c1-9(2)4-12(20-15(24)11-5-10(3)6-17-7-11)16-21-14(23-25-16)13-18-8-19-22-13/h5-9,12H,4H2,1-3H3,(H,20,24)(H,18,19,22)/t12-/m0/s1. The number of pyridine rings is 1. The fourth-order valence-electron chi connectivity index (χ4n) is 2.40. The van der Waals surface area contributed by atoms with Gasteiger partial charge in [-0.25, -0.2) is 4.98 Å². The predicted molar refractivity (Wildman–Crippen MR) is 88.3 cm³/mol. The highest BCUT2D eigenvalue weighted by molar-refractivity contribution is 5.94. The van der Waals surface area contributed by atoms with E-state index in [4.69, 9.17) is 4.52 Å². The molecule has 0 aliphatic heterocycles. The van der Waals surface area contributed by atoms with Crippen LogP contribution in [-0.2, 0) is 0 Å². The van der Waals surface area contributed by atoms with Gasteiger partial charge in [0.25, 0.3) is 5.91 Å². The number of aromatic amines is 1. The van der Waals surface area contributed by atoms with Crippen LogP contribution in [0.1, 0.15) is 48.1 Å². The number of carbonyl (C=O) groups excluding carboxylic acids is 1. The van der Waals surface area contributed by atoms with Crippen molar-refractivity contribution in [2.45, 2.75) is 33.2 Å². The number of hydrogen-bond acceptors (Lipinski definition) is 7. The fourth-order valence-corrected chi connectivity index (χ4v) is 2.40. The molecule has 3 heterocycles. The number of nitrogens with zero attached hydrogens (tertiary/aromatic N) is 5. The van der Waals surface area contributed by atoms with E-state index in [-0.39, 0.29) is 5.91 Å². The lowest BCUT2D eigenvalue weighted by Crippen LogP contribution is -2.30. The number of nitrogens with one attached hydrogen (secondary N) is 2. The molecule has 1 atom stereocenters. The number of amides is 1. The summed E-state index contributed by atoms with van der Waals surface area (Å²) in [5.74, 6) is 1.12. The molecule has 0 fully saturated rings. The Hall–Kier alpha value is -3.10. The number of aromatic nitrogens is 6. The zero-order chi connectivity index (χ0) is 17.8. The zero-order valence-corrected chi connectivity index (χ0v) is 14.2. The highest BCUT2D eigenvalue weighted by atomic mass is 16.5. The smallest absolute Gasteiger partial charge is 0.253 e. The predicted octanol–water partition coefficient (Wildman–Crippen LogP) is 2.08. The van der Waals surface area contributed by atoms with Crippen molar-refractivity contribution in [3.8, 4) is 11.6 Å². The lowest BCUT2D eigenvalue weighted by molar-refractivity contribution is 0.0922. The van der Waals surface area contributed by atoms with Crippen LogP contribution in [-0.4, -0.2) is 36.2 Å². The van der Waals surface area contributed by atoms with Crippen molar-refractivity contribution in [3.63, 3.8) is 0 Å². The monoisotopic (exact) mass is 341 g/mol. The number of hydrogen-bond donors (Lipinski definition) is 2. The molecule has 3 aromatic heterocycles. The molecule has 0 unspecified atom stereocenters. The van der Waals surface area contributed by atoms with Gasteiger partial charge in [-0.05, 0) is 30.9 Å². The van der Waals surface area contributed by atoms with Gasteiger partial charge in [-0.1, -0.05) is 19.0 Å². The van der Waals surface area contributed by atoms with Gasteiger partial charge in [-0.2, -0.15) is 10.1 Å². The second kappa shape index (κ2) is 7.20. The normalized spacial score (nSPS) is 12.3. The van der Waals surface area contributed by atoms with Crippen LogP contribution < -0.4 is 5.32 Å². The van der Waals surface area contributed by atoms with Gasteiger partial charge in [-0.3, -0.25) is 14.9 Å². The maximum absolute atomic E-state index is 12.5. The number of carbonyl (C=O) groups is 1. The summed E-state index contributed by atoms with van der Waals surface area (Å²) in [6, 6.07) is 1.37. The van der Waals surface area contributed by atoms with Crippen LogP contribution in [0.15, 0.2) is 29.3 Å². The molecule has 0 spiro atoms. The van der Waals surface area contributed by atoms with Crippen LogP contribution in [0.2, 0.25) is 0 Å². The Bertz CT molecular complexity index is 842. The molecule has 1 amide bonds. The van der Waals surface area contributed by atoms with E-state index in [2.05, 4.69) is 49.5 Å². The maximum Gasteiger partial charge on any atom is 0.253 e. The second-order valence-corrected chi connectivity index (χ2v) is 6.20. The minimum atomic E-state index is -0.405. The highest BCUT2D eigenvalue weighted by Crippen LogP contribution is 2.22. The van der Waals surface area contributed by atoms with E-state index in [0.29, 0.717) is 35.4 Å². The second-order valence-electron chi connectivity index (χ2n) is 6.20. The molecule has 9 nitrogen and oxygen atoms in total. The molecule has 0 radical (unpaired) electrons. The summed E-state index contributed by atoms with van der Waals surface area (Å²) in [5, 5.41) is 13.3. The van der Waals surface area contributed by atoms with Crippen LogP contribution in [0.25, 0.3) is 11.6 Å². The molecule has 2 N–H and O–H groups in total. The average Bonchev–Trinajstić information content (AvgIpc) is 3.25. The minimum Gasteiger partial charge on any atom is -0.340 e. The Morgan fingerprint density at radius 1 is 1.36 bits per heavy atom. The first-order valence-electron chi connectivity index (χ1n) is 7.94. The molecule has 25 heavy (non-hydrogen) atoms. The van der Waals surface area contributed by atoms with Crippen molar-refractivity contribution in [1.82, 2.24) is 35.6 Å². The zero-order valence-electron chi connectivity index (χ0n) is 14.2. The van der Waals surface area contributed by atoms with Crippen molar-refractivity contribution in [1.29, 1.82) is 0 Å². The van der Waals surface area contributed by atoms with Gasteiger partial charge in [0.05, 0.1) is 5.56 Å². The van der Waals surface area contributed by atoms with Crippen LogP contribution in [0.4, 0.5) is 0 Å². The molecule has 0 bridgehead atoms. The molecular formula is C16H19N7O2. The molecule has 0 aliphatic rings. The van der Waals surface area contributed by atoms with Gasteiger partial charge in [-0.15, -0.1) is 0 Å². The minimum absolute atomic E-state index is 0.235. The quantitative estimate of drug-likeness (QED) is 0.703. The van der Waals surface area contributed by atoms with E-state index in [0.717, 1.165) is 5.56 Å². The Balaban J connectivity index is 1.81. The maximum atomic E-state index is 12.5. The number of H-pyrrole nitrogens is 1. The molecule has 0 saturated heterocycles. The largest absolute Gasteiger partial charge is 0.340 e. The molecule has 0 saturated carbocycles. The first-order chi connectivity index (χ1) is 12.0. The van der Waals surface area contributed by atoms with Gasteiger partial charge >= 0.3 is 0 Å². The summed E-state index contributed by atoms with van der Waals surface area (Å²) in [7, 11) is 0. The van der Waals surface area contributed by atoms with Crippen molar-refractivity contribution in [3.05, 3.63) is 41.8 Å². The molecular weight excluding hydrogens is 322 g/mol. The van der Waals surface area contributed by atoms with E-state index in [1.807, 2.05) is 6.92 Å². The third-order valence-electron chi connectivity index (χ3n) is 3.52. The Morgan fingerprint density at radius 3 is 2.88 bits per heavy atom. The van der Waals surface area contributed by atoms with E-state index in [1.54, 1.807) is 12.3 Å².